The van der Waals surface area contributed by atoms with Gasteiger partial charge in [-0.2, -0.15) is 11.8 Å². The molecule has 2 heterocycles. The minimum Gasteiger partial charge on any atom is -0.489 e. The van der Waals surface area contributed by atoms with E-state index in [0.29, 0.717) is 24.3 Å². The maximum absolute atomic E-state index is 13.5. The van der Waals surface area contributed by atoms with E-state index in [2.05, 4.69) is 5.32 Å². The van der Waals surface area contributed by atoms with Crippen LogP contribution in [0.5, 0.6) is 5.75 Å². The molecule has 158 valence electrons. The number of aryl methyl sites for hydroxylation is 2. The van der Waals surface area contributed by atoms with Gasteiger partial charge in [0.05, 0.1) is 5.69 Å². The normalized spacial score (nSPS) is 26.6. The van der Waals surface area contributed by atoms with Crippen LogP contribution in [0, 0.1) is 19.8 Å². The van der Waals surface area contributed by atoms with Crippen LogP contribution in [0.1, 0.15) is 17.5 Å². The number of benzene rings is 2. The Hall–Kier alpha value is -2.19. The number of nitrogens with zero attached hydrogens (tertiary/aromatic N) is 1. The SMILES string of the molecule is Cc1cccc(C)c1N1CC2CC2(C(=O)Nc2ccc(OC3CSC3)cc2)S1(=O)=O. The van der Waals surface area contributed by atoms with Gasteiger partial charge in [0, 0.05) is 29.7 Å². The zero-order chi connectivity index (χ0) is 21.1. The van der Waals surface area contributed by atoms with Crippen LogP contribution in [0.4, 0.5) is 11.4 Å². The van der Waals surface area contributed by atoms with Crippen molar-refractivity contribution in [2.24, 2.45) is 5.92 Å². The molecule has 5 rings (SSSR count). The van der Waals surface area contributed by atoms with E-state index < -0.39 is 20.7 Å². The summed E-state index contributed by atoms with van der Waals surface area (Å²) in [5.74, 6) is 2.13. The van der Waals surface area contributed by atoms with Crippen molar-refractivity contribution in [1.29, 1.82) is 0 Å². The highest BCUT2D eigenvalue weighted by molar-refractivity contribution is 8.00. The molecule has 2 saturated heterocycles. The number of thioether (sulfide) groups is 1. The first-order valence-electron chi connectivity index (χ1n) is 10.1. The Morgan fingerprint density at radius 2 is 1.80 bits per heavy atom. The molecule has 30 heavy (non-hydrogen) atoms. The fourth-order valence-corrected chi connectivity index (χ4v) is 7.52. The topological polar surface area (TPSA) is 75.7 Å². The predicted molar refractivity (Wildman–Crippen MR) is 120 cm³/mol. The van der Waals surface area contributed by atoms with E-state index in [1.807, 2.05) is 55.9 Å². The van der Waals surface area contributed by atoms with Crippen molar-refractivity contribution in [1.82, 2.24) is 0 Å². The molecule has 1 amide bonds. The van der Waals surface area contributed by atoms with Gasteiger partial charge in [0.15, 0.2) is 4.75 Å². The number of carbonyl (C=O) groups is 1. The van der Waals surface area contributed by atoms with E-state index in [4.69, 9.17) is 4.74 Å². The lowest BCUT2D eigenvalue weighted by Crippen LogP contribution is -2.42. The second-order valence-electron chi connectivity index (χ2n) is 8.32. The first kappa shape index (κ1) is 19.8. The summed E-state index contributed by atoms with van der Waals surface area (Å²) in [6.07, 6.45) is 0.629. The van der Waals surface area contributed by atoms with Gasteiger partial charge in [-0.25, -0.2) is 8.42 Å². The molecule has 2 aromatic rings. The molecule has 2 aliphatic heterocycles. The largest absolute Gasteiger partial charge is 0.489 e. The molecule has 2 aromatic carbocycles. The predicted octanol–water partition coefficient (Wildman–Crippen LogP) is 3.34. The van der Waals surface area contributed by atoms with E-state index >= 15 is 0 Å². The van der Waals surface area contributed by atoms with Crippen molar-refractivity contribution in [2.45, 2.75) is 31.1 Å². The summed E-state index contributed by atoms with van der Waals surface area (Å²) in [5.41, 5.74) is 3.08. The van der Waals surface area contributed by atoms with Gasteiger partial charge in [0.1, 0.15) is 11.9 Å². The lowest BCUT2D eigenvalue weighted by atomic mass is 10.1. The highest BCUT2D eigenvalue weighted by Gasteiger charge is 2.75. The molecule has 1 saturated carbocycles. The number of hydrogen-bond acceptors (Lipinski definition) is 5. The molecule has 1 aliphatic carbocycles. The maximum Gasteiger partial charge on any atom is 0.250 e. The lowest BCUT2D eigenvalue weighted by Gasteiger charge is -2.26. The third-order valence-electron chi connectivity index (χ3n) is 6.28. The number of nitrogens with one attached hydrogen (secondary N) is 1. The Balaban J connectivity index is 1.35. The van der Waals surface area contributed by atoms with Crippen LogP contribution >= 0.6 is 11.8 Å². The van der Waals surface area contributed by atoms with Crippen molar-refractivity contribution in [3.05, 3.63) is 53.6 Å². The second-order valence-corrected chi connectivity index (χ2v) is 11.5. The Bertz CT molecular complexity index is 1090. The molecule has 2 unspecified atom stereocenters. The first-order valence-corrected chi connectivity index (χ1v) is 12.7. The molecule has 1 N–H and O–H groups in total. The van der Waals surface area contributed by atoms with Crippen LogP contribution in [0.2, 0.25) is 0 Å². The molecule has 0 aromatic heterocycles. The number of hydrogen-bond donors (Lipinski definition) is 1. The zero-order valence-electron chi connectivity index (χ0n) is 16.9. The smallest absolute Gasteiger partial charge is 0.250 e. The number of amides is 1. The van der Waals surface area contributed by atoms with Gasteiger partial charge in [-0.3, -0.25) is 9.10 Å². The molecule has 0 spiro atoms. The number of anilines is 2. The van der Waals surface area contributed by atoms with Crippen LogP contribution < -0.4 is 14.4 Å². The molecular weight excluding hydrogens is 420 g/mol. The number of para-hydroxylation sites is 1. The minimum atomic E-state index is -3.80. The molecule has 8 heteroatoms. The average Bonchev–Trinajstić information content (AvgIpc) is 3.36. The van der Waals surface area contributed by atoms with Gasteiger partial charge in [-0.15, -0.1) is 0 Å². The van der Waals surface area contributed by atoms with Gasteiger partial charge in [-0.1, -0.05) is 18.2 Å². The van der Waals surface area contributed by atoms with E-state index in [-0.39, 0.29) is 12.0 Å². The summed E-state index contributed by atoms with van der Waals surface area (Å²) in [6, 6.07) is 12.9. The minimum absolute atomic E-state index is 0.180. The van der Waals surface area contributed by atoms with E-state index in [9.17, 15) is 13.2 Å². The zero-order valence-corrected chi connectivity index (χ0v) is 18.6. The Morgan fingerprint density at radius 1 is 1.13 bits per heavy atom. The standard InChI is InChI=1S/C22H24N2O4S2/c1-14-4-3-5-15(2)20(14)24-11-16-10-22(16,30(24,26)27)21(25)23-17-6-8-18(9-7-17)28-19-12-29-13-19/h3-9,16,19H,10-13H2,1-2H3,(H,23,25). The number of sulfonamides is 1. The Morgan fingerprint density at radius 3 is 2.40 bits per heavy atom. The Kier molecular flexibility index (Phi) is 4.56. The van der Waals surface area contributed by atoms with E-state index in [1.54, 1.807) is 12.1 Å². The molecule has 2 atom stereocenters. The average molecular weight is 445 g/mol. The summed E-state index contributed by atoms with van der Waals surface area (Å²) >= 11 is 1.85. The van der Waals surface area contributed by atoms with Gasteiger partial charge in [0.2, 0.25) is 15.9 Å². The van der Waals surface area contributed by atoms with Crippen molar-refractivity contribution in [3.63, 3.8) is 0 Å². The maximum atomic E-state index is 13.5. The molecule has 3 fully saturated rings. The van der Waals surface area contributed by atoms with Gasteiger partial charge in [0.25, 0.3) is 0 Å². The summed E-state index contributed by atoms with van der Waals surface area (Å²) in [7, 11) is -3.80. The fraction of sp³-hybridized carbons (Fsp3) is 0.409. The monoisotopic (exact) mass is 444 g/mol. The number of carbonyl (C=O) groups excluding carboxylic acids is 1. The highest BCUT2D eigenvalue weighted by atomic mass is 32.2. The third-order valence-corrected chi connectivity index (χ3v) is 10.0. The molecular formula is C22H24N2O4S2. The summed E-state index contributed by atoms with van der Waals surface area (Å²) in [4.78, 5) is 13.1. The fourth-order valence-electron chi connectivity index (χ4n) is 4.46. The summed E-state index contributed by atoms with van der Waals surface area (Å²) in [5, 5.41) is 2.83. The third kappa shape index (κ3) is 2.92. The lowest BCUT2D eigenvalue weighted by molar-refractivity contribution is -0.116. The molecule has 0 radical (unpaired) electrons. The first-order chi connectivity index (χ1) is 14.3. The molecule has 6 nitrogen and oxygen atoms in total. The van der Waals surface area contributed by atoms with E-state index in [1.165, 1.54) is 4.31 Å². The van der Waals surface area contributed by atoms with Crippen LogP contribution in [0.15, 0.2) is 42.5 Å². The van der Waals surface area contributed by atoms with Gasteiger partial charge >= 0.3 is 0 Å². The van der Waals surface area contributed by atoms with Gasteiger partial charge in [-0.05, 0) is 55.7 Å². The van der Waals surface area contributed by atoms with Crippen LogP contribution in [0.3, 0.4) is 0 Å². The van der Waals surface area contributed by atoms with Crippen molar-refractivity contribution < 1.29 is 17.9 Å². The van der Waals surface area contributed by atoms with Crippen LogP contribution in [-0.2, 0) is 14.8 Å². The second kappa shape index (κ2) is 6.92. The quantitative estimate of drug-likeness (QED) is 0.766. The van der Waals surface area contributed by atoms with Crippen molar-refractivity contribution in [2.75, 3.05) is 27.7 Å². The highest BCUT2D eigenvalue weighted by Crippen LogP contribution is 2.59. The molecule has 0 bridgehead atoms. The number of rotatable bonds is 5. The van der Waals surface area contributed by atoms with Crippen LogP contribution in [-0.4, -0.2) is 43.2 Å². The Labute approximate surface area is 181 Å². The number of ether oxygens (including phenoxy) is 1. The van der Waals surface area contributed by atoms with Crippen molar-refractivity contribution >= 4 is 39.1 Å². The van der Waals surface area contributed by atoms with Gasteiger partial charge < -0.3 is 10.1 Å². The molecule has 3 aliphatic rings. The van der Waals surface area contributed by atoms with E-state index in [0.717, 1.165) is 28.4 Å². The van der Waals surface area contributed by atoms with Crippen molar-refractivity contribution in [3.8, 4) is 5.75 Å². The summed E-state index contributed by atoms with van der Waals surface area (Å²) < 4.78 is 32.8. The van der Waals surface area contributed by atoms with Crippen LogP contribution in [0.25, 0.3) is 0 Å². The number of fused-ring (bicyclic) bond motifs is 1. The summed E-state index contributed by atoms with van der Waals surface area (Å²) in [6.45, 7) is 4.16.